The summed E-state index contributed by atoms with van der Waals surface area (Å²) in [6, 6.07) is -0.0714. The predicted molar refractivity (Wildman–Crippen MR) is 106 cm³/mol. The molecule has 6 heteroatoms. The quantitative estimate of drug-likeness (QED) is 0.675. The SMILES string of the molecule is CC1C(=O)C[C@H]2[C@@H]1CN(C(=O)OC(C)(C)C)[C@@H]2CO[Si](C)(C)C(C)(C)C. The first-order valence-corrected chi connectivity index (χ1v) is 12.7. The van der Waals surface area contributed by atoms with Gasteiger partial charge in [-0.25, -0.2) is 4.79 Å². The fraction of sp³-hybridized carbons (Fsp3) is 0.900. The number of fused-ring (bicyclic) bond motifs is 1. The first-order valence-electron chi connectivity index (χ1n) is 9.80. The summed E-state index contributed by atoms with van der Waals surface area (Å²) in [6.45, 7) is 19.8. The molecule has 0 aromatic heterocycles. The molecule has 5 nitrogen and oxygen atoms in total. The van der Waals surface area contributed by atoms with E-state index >= 15 is 0 Å². The number of ether oxygens (including phenoxy) is 1. The number of ketones is 1. The highest BCUT2D eigenvalue weighted by atomic mass is 28.4. The topological polar surface area (TPSA) is 55.8 Å². The van der Waals surface area contributed by atoms with E-state index in [4.69, 9.17) is 9.16 Å². The van der Waals surface area contributed by atoms with Crippen molar-refractivity contribution in [3.05, 3.63) is 0 Å². The van der Waals surface area contributed by atoms with Crippen molar-refractivity contribution in [3.8, 4) is 0 Å². The second-order valence-corrected chi connectivity index (χ2v) is 15.4. The Hall–Kier alpha value is -0.883. The maximum Gasteiger partial charge on any atom is 0.410 e. The Balaban J connectivity index is 2.19. The van der Waals surface area contributed by atoms with Gasteiger partial charge < -0.3 is 14.1 Å². The molecule has 0 aromatic carbocycles. The molecule has 26 heavy (non-hydrogen) atoms. The lowest BCUT2D eigenvalue weighted by molar-refractivity contribution is -0.121. The van der Waals surface area contributed by atoms with Gasteiger partial charge in [0.1, 0.15) is 11.4 Å². The first-order chi connectivity index (χ1) is 11.6. The van der Waals surface area contributed by atoms with E-state index in [-0.39, 0.29) is 34.9 Å². The Bertz CT molecular complexity index is 561. The molecular weight excluding hydrogens is 346 g/mol. The van der Waals surface area contributed by atoms with Crippen molar-refractivity contribution in [2.24, 2.45) is 17.8 Å². The fourth-order valence-electron chi connectivity index (χ4n) is 3.74. The highest BCUT2D eigenvalue weighted by Gasteiger charge is 2.53. The largest absolute Gasteiger partial charge is 0.444 e. The average molecular weight is 384 g/mol. The number of carbonyl (C=O) groups excluding carboxylic acids is 2. The van der Waals surface area contributed by atoms with Crippen molar-refractivity contribution in [2.75, 3.05) is 13.2 Å². The van der Waals surface area contributed by atoms with Crippen LogP contribution in [0.2, 0.25) is 18.1 Å². The van der Waals surface area contributed by atoms with Gasteiger partial charge in [-0.05, 0) is 50.7 Å². The van der Waals surface area contributed by atoms with E-state index in [0.717, 1.165) is 0 Å². The van der Waals surface area contributed by atoms with E-state index in [2.05, 4.69) is 33.9 Å². The Kier molecular flexibility index (Phi) is 5.71. The highest BCUT2D eigenvalue weighted by molar-refractivity contribution is 6.74. The van der Waals surface area contributed by atoms with Gasteiger partial charge in [0.15, 0.2) is 8.32 Å². The molecule has 150 valence electrons. The summed E-state index contributed by atoms with van der Waals surface area (Å²) < 4.78 is 12.1. The summed E-state index contributed by atoms with van der Waals surface area (Å²) in [5, 5.41) is 0.112. The van der Waals surface area contributed by atoms with Crippen LogP contribution in [0.4, 0.5) is 4.79 Å². The second kappa shape index (κ2) is 6.93. The summed E-state index contributed by atoms with van der Waals surface area (Å²) in [5.74, 6) is 0.752. The summed E-state index contributed by atoms with van der Waals surface area (Å²) in [5.41, 5.74) is -0.527. The molecular formula is C20H37NO4Si. The molecule has 1 saturated carbocycles. The van der Waals surface area contributed by atoms with Crippen LogP contribution in [0, 0.1) is 17.8 Å². The van der Waals surface area contributed by atoms with Crippen LogP contribution in [0.5, 0.6) is 0 Å². The molecule has 0 radical (unpaired) electrons. The predicted octanol–water partition coefficient (Wildman–Crippen LogP) is 4.47. The third-order valence-corrected chi connectivity index (χ3v) is 11.0. The lowest BCUT2D eigenvalue weighted by Gasteiger charge is -2.38. The Morgan fingerprint density at radius 1 is 1.15 bits per heavy atom. The number of amides is 1. The molecule has 4 atom stereocenters. The standard InChI is InChI=1S/C20H37NO4Si/c1-13-15-11-21(18(23)25-19(2,3)4)16(14(15)10-17(13)22)12-24-26(8,9)20(5,6)7/h13-16H,10-12H2,1-9H3/t13?,14-,15+,16+/m0/s1. The minimum absolute atomic E-state index is 0.0165. The monoisotopic (exact) mass is 383 g/mol. The van der Waals surface area contributed by atoms with Crippen molar-refractivity contribution >= 4 is 20.2 Å². The molecule has 1 saturated heterocycles. The van der Waals surface area contributed by atoms with Gasteiger partial charge >= 0.3 is 6.09 Å². The second-order valence-electron chi connectivity index (χ2n) is 10.6. The zero-order chi connectivity index (χ0) is 20.1. The zero-order valence-corrected chi connectivity index (χ0v) is 19.0. The third-order valence-electron chi connectivity index (χ3n) is 6.49. The number of hydrogen-bond acceptors (Lipinski definition) is 4. The summed E-state index contributed by atoms with van der Waals surface area (Å²) in [6.07, 6.45) is 0.270. The Labute approximate surface area is 159 Å². The van der Waals surface area contributed by atoms with Gasteiger partial charge in [-0.2, -0.15) is 0 Å². The average Bonchev–Trinajstić information content (AvgIpc) is 2.92. The summed E-state index contributed by atoms with van der Waals surface area (Å²) in [4.78, 5) is 26.8. The molecule has 2 aliphatic rings. The number of likely N-dealkylation sites (tertiary alicyclic amines) is 1. The van der Waals surface area contributed by atoms with E-state index in [1.54, 1.807) is 0 Å². The van der Waals surface area contributed by atoms with Gasteiger partial charge in [-0.1, -0.05) is 27.7 Å². The van der Waals surface area contributed by atoms with Gasteiger partial charge in [0, 0.05) is 18.9 Å². The van der Waals surface area contributed by atoms with E-state index in [1.165, 1.54) is 0 Å². The molecule has 1 unspecified atom stereocenters. The number of carbonyl (C=O) groups is 2. The number of Topliss-reactive ketones (excluding diaryl/α,β-unsaturated/α-hetero) is 1. The summed E-state index contributed by atoms with van der Waals surface area (Å²) in [7, 11) is -1.93. The molecule has 1 aliphatic heterocycles. The molecule has 1 heterocycles. The first kappa shape index (κ1) is 21.4. The van der Waals surface area contributed by atoms with Crippen LogP contribution in [0.3, 0.4) is 0 Å². The normalized spacial score (nSPS) is 29.9. The van der Waals surface area contributed by atoms with E-state index < -0.39 is 13.9 Å². The number of hydrogen-bond donors (Lipinski definition) is 0. The van der Waals surface area contributed by atoms with Crippen LogP contribution < -0.4 is 0 Å². The van der Waals surface area contributed by atoms with Gasteiger partial charge in [-0.3, -0.25) is 4.79 Å². The van der Waals surface area contributed by atoms with Gasteiger partial charge in [0.2, 0.25) is 0 Å². The Morgan fingerprint density at radius 3 is 2.23 bits per heavy atom. The smallest absolute Gasteiger partial charge is 0.410 e. The van der Waals surface area contributed by atoms with Gasteiger partial charge in [0.25, 0.3) is 0 Å². The highest BCUT2D eigenvalue weighted by Crippen LogP contribution is 2.45. The molecule has 1 aliphatic carbocycles. The fourth-order valence-corrected chi connectivity index (χ4v) is 4.76. The molecule has 0 aromatic rings. The lowest BCUT2D eigenvalue weighted by Crippen LogP contribution is -2.48. The van der Waals surface area contributed by atoms with Crippen molar-refractivity contribution in [1.82, 2.24) is 4.90 Å². The van der Waals surface area contributed by atoms with Crippen LogP contribution in [-0.4, -0.2) is 49.9 Å². The van der Waals surface area contributed by atoms with Crippen molar-refractivity contribution in [3.63, 3.8) is 0 Å². The zero-order valence-electron chi connectivity index (χ0n) is 18.0. The summed E-state index contributed by atoms with van der Waals surface area (Å²) >= 11 is 0. The maximum absolute atomic E-state index is 12.8. The third kappa shape index (κ3) is 4.33. The van der Waals surface area contributed by atoms with E-state index in [0.29, 0.717) is 25.4 Å². The molecule has 0 bridgehead atoms. The van der Waals surface area contributed by atoms with E-state index in [9.17, 15) is 9.59 Å². The Morgan fingerprint density at radius 2 is 1.73 bits per heavy atom. The van der Waals surface area contributed by atoms with Crippen molar-refractivity contribution < 1.29 is 18.8 Å². The van der Waals surface area contributed by atoms with Gasteiger partial charge in [0.05, 0.1) is 12.6 Å². The maximum atomic E-state index is 12.8. The number of rotatable bonds is 3. The lowest BCUT2D eigenvalue weighted by atomic mass is 9.90. The molecule has 2 fully saturated rings. The minimum Gasteiger partial charge on any atom is -0.444 e. The van der Waals surface area contributed by atoms with E-state index in [1.807, 2.05) is 32.6 Å². The van der Waals surface area contributed by atoms with Crippen LogP contribution >= 0.6 is 0 Å². The van der Waals surface area contributed by atoms with Gasteiger partial charge in [-0.15, -0.1) is 0 Å². The van der Waals surface area contributed by atoms with Crippen LogP contribution in [-0.2, 0) is 14.0 Å². The molecule has 0 spiro atoms. The minimum atomic E-state index is -1.93. The number of nitrogens with zero attached hydrogens (tertiary/aromatic N) is 1. The van der Waals surface area contributed by atoms with Crippen molar-refractivity contribution in [1.29, 1.82) is 0 Å². The van der Waals surface area contributed by atoms with Crippen LogP contribution in [0.15, 0.2) is 0 Å². The molecule has 1 amide bonds. The van der Waals surface area contributed by atoms with Crippen LogP contribution in [0.25, 0.3) is 0 Å². The molecule has 0 N–H and O–H groups in total. The van der Waals surface area contributed by atoms with Crippen molar-refractivity contribution in [2.45, 2.75) is 84.7 Å². The van der Waals surface area contributed by atoms with Crippen LogP contribution in [0.1, 0.15) is 54.9 Å². The molecule has 2 rings (SSSR count).